The Morgan fingerprint density at radius 3 is 2.52 bits per heavy atom. The van der Waals surface area contributed by atoms with Crippen molar-refractivity contribution in [1.29, 1.82) is 0 Å². The molecule has 0 aromatic heterocycles. The number of hydrogen-bond donors (Lipinski definition) is 2. The third-order valence-electron chi connectivity index (χ3n) is 4.00. The Balaban J connectivity index is 0.00000312. The summed E-state index contributed by atoms with van der Waals surface area (Å²) in [5.41, 5.74) is 0. The SMILES string of the molecule is CN(CC(=O)NCCCN1CCNCC1)S(=O)(=O)c1ccccc1.Cl. The van der Waals surface area contributed by atoms with Crippen LogP contribution in [0.5, 0.6) is 0 Å². The average Bonchev–Trinajstić information content (AvgIpc) is 2.60. The Morgan fingerprint density at radius 2 is 1.88 bits per heavy atom. The molecule has 0 unspecified atom stereocenters. The number of nitrogens with one attached hydrogen (secondary N) is 2. The van der Waals surface area contributed by atoms with Crippen molar-refractivity contribution >= 4 is 28.3 Å². The zero-order valence-electron chi connectivity index (χ0n) is 14.5. The molecule has 1 aromatic carbocycles. The molecule has 9 heteroatoms. The maximum absolute atomic E-state index is 12.3. The number of benzene rings is 1. The number of hydrogen-bond acceptors (Lipinski definition) is 5. The van der Waals surface area contributed by atoms with Crippen LogP contribution < -0.4 is 10.6 Å². The average molecular weight is 391 g/mol. The van der Waals surface area contributed by atoms with Crippen molar-refractivity contribution < 1.29 is 13.2 Å². The zero-order chi connectivity index (χ0) is 17.4. The normalized spacial score (nSPS) is 15.6. The van der Waals surface area contributed by atoms with Crippen molar-refractivity contribution in [3.05, 3.63) is 30.3 Å². The zero-order valence-corrected chi connectivity index (χ0v) is 16.1. The molecule has 1 saturated heterocycles. The molecule has 1 aliphatic heterocycles. The number of piperazine rings is 1. The molecule has 2 rings (SSSR count). The Kier molecular flexibility index (Phi) is 9.37. The first-order valence-electron chi connectivity index (χ1n) is 8.21. The van der Waals surface area contributed by atoms with Crippen molar-refractivity contribution in [3.8, 4) is 0 Å². The van der Waals surface area contributed by atoms with Gasteiger partial charge < -0.3 is 15.5 Å². The van der Waals surface area contributed by atoms with Crippen LogP contribution in [0.15, 0.2) is 35.2 Å². The lowest BCUT2D eigenvalue weighted by Crippen LogP contribution is -2.44. The van der Waals surface area contributed by atoms with Crippen LogP contribution in [-0.2, 0) is 14.8 Å². The summed E-state index contributed by atoms with van der Waals surface area (Å²) in [4.78, 5) is 14.5. The van der Waals surface area contributed by atoms with Gasteiger partial charge in [0.05, 0.1) is 11.4 Å². The molecule has 0 spiro atoms. The van der Waals surface area contributed by atoms with Gasteiger partial charge in [-0.1, -0.05) is 18.2 Å². The Morgan fingerprint density at radius 1 is 1.24 bits per heavy atom. The van der Waals surface area contributed by atoms with Crippen molar-refractivity contribution in [2.75, 3.05) is 52.9 Å². The maximum Gasteiger partial charge on any atom is 0.243 e. The van der Waals surface area contributed by atoms with Gasteiger partial charge in [0.25, 0.3) is 0 Å². The smallest absolute Gasteiger partial charge is 0.243 e. The molecule has 0 bridgehead atoms. The molecular weight excluding hydrogens is 364 g/mol. The standard InChI is InChI=1S/C16H26N4O3S.ClH/c1-19(24(22,23)15-6-3-2-4-7-15)14-16(21)18-8-5-11-20-12-9-17-10-13-20;/h2-4,6-7,17H,5,8-14H2,1H3,(H,18,21);1H. The lowest BCUT2D eigenvalue weighted by Gasteiger charge is -2.27. The first kappa shape index (κ1) is 21.9. The van der Waals surface area contributed by atoms with Gasteiger partial charge in [-0.2, -0.15) is 4.31 Å². The van der Waals surface area contributed by atoms with Crippen LogP contribution in [0.4, 0.5) is 0 Å². The number of carbonyl (C=O) groups excluding carboxylic acids is 1. The highest BCUT2D eigenvalue weighted by Gasteiger charge is 2.22. The fourth-order valence-electron chi connectivity index (χ4n) is 2.58. The fraction of sp³-hybridized carbons (Fsp3) is 0.562. The molecule has 0 saturated carbocycles. The number of nitrogens with zero attached hydrogens (tertiary/aromatic N) is 2. The fourth-order valence-corrected chi connectivity index (χ4v) is 3.73. The van der Waals surface area contributed by atoms with Crippen LogP contribution in [0.2, 0.25) is 0 Å². The topological polar surface area (TPSA) is 81.8 Å². The summed E-state index contributed by atoms with van der Waals surface area (Å²) in [5.74, 6) is -0.280. The largest absolute Gasteiger partial charge is 0.355 e. The van der Waals surface area contributed by atoms with Gasteiger partial charge in [0.1, 0.15) is 0 Å². The first-order chi connectivity index (χ1) is 11.5. The Hall–Kier alpha value is -1.19. The quantitative estimate of drug-likeness (QED) is 0.617. The Bertz CT molecular complexity index is 622. The molecule has 1 fully saturated rings. The number of halogens is 1. The van der Waals surface area contributed by atoms with E-state index in [0.717, 1.165) is 43.4 Å². The minimum atomic E-state index is -3.62. The molecule has 7 nitrogen and oxygen atoms in total. The maximum atomic E-state index is 12.3. The summed E-state index contributed by atoms with van der Waals surface area (Å²) in [6.45, 7) is 5.41. The van der Waals surface area contributed by atoms with Gasteiger partial charge in [-0.15, -0.1) is 12.4 Å². The number of amides is 1. The van der Waals surface area contributed by atoms with E-state index in [0.29, 0.717) is 6.54 Å². The summed E-state index contributed by atoms with van der Waals surface area (Å²) >= 11 is 0. The van der Waals surface area contributed by atoms with Crippen LogP contribution in [0, 0.1) is 0 Å². The predicted molar refractivity (Wildman–Crippen MR) is 100 cm³/mol. The van der Waals surface area contributed by atoms with Crippen molar-refractivity contribution in [3.63, 3.8) is 0 Å². The van der Waals surface area contributed by atoms with Crippen molar-refractivity contribution in [1.82, 2.24) is 19.8 Å². The monoisotopic (exact) mass is 390 g/mol. The summed E-state index contributed by atoms with van der Waals surface area (Å²) in [6.07, 6.45) is 0.862. The van der Waals surface area contributed by atoms with Crippen LogP contribution in [0.1, 0.15) is 6.42 Å². The molecule has 142 valence electrons. The predicted octanol–water partition coefficient (Wildman–Crippen LogP) is 0.140. The summed E-state index contributed by atoms with van der Waals surface area (Å²) in [5, 5.41) is 6.09. The highest BCUT2D eigenvalue weighted by atomic mass is 35.5. The van der Waals surface area contributed by atoms with E-state index < -0.39 is 10.0 Å². The summed E-state index contributed by atoms with van der Waals surface area (Å²) in [6, 6.07) is 8.13. The summed E-state index contributed by atoms with van der Waals surface area (Å²) < 4.78 is 25.8. The minimum Gasteiger partial charge on any atom is -0.355 e. The molecular formula is C16H27ClN4O3S. The van der Waals surface area contributed by atoms with Crippen LogP contribution in [0.25, 0.3) is 0 Å². The van der Waals surface area contributed by atoms with Crippen LogP contribution in [-0.4, -0.2) is 76.4 Å². The number of sulfonamides is 1. The molecule has 0 atom stereocenters. The molecule has 25 heavy (non-hydrogen) atoms. The van der Waals surface area contributed by atoms with Gasteiger partial charge in [0.2, 0.25) is 15.9 Å². The molecule has 1 heterocycles. The van der Waals surface area contributed by atoms with Gasteiger partial charge in [0.15, 0.2) is 0 Å². The highest BCUT2D eigenvalue weighted by molar-refractivity contribution is 7.89. The van der Waals surface area contributed by atoms with Gasteiger partial charge >= 0.3 is 0 Å². The Labute approximate surface area is 156 Å². The third kappa shape index (κ3) is 6.91. The molecule has 1 amide bonds. The molecule has 1 aromatic rings. The number of carbonyl (C=O) groups is 1. The van der Waals surface area contributed by atoms with E-state index in [1.165, 1.54) is 19.2 Å². The van der Waals surface area contributed by atoms with E-state index in [-0.39, 0.29) is 29.8 Å². The second-order valence-corrected chi connectivity index (χ2v) is 7.91. The highest BCUT2D eigenvalue weighted by Crippen LogP contribution is 2.12. The number of likely N-dealkylation sites (N-methyl/N-ethyl adjacent to an activating group) is 1. The lowest BCUT2D eigenvalue weighted by atomic mass is 10.3. The van der Waals surface area contributed by atoms with Gasteiger partial charge in [-0.05, 0) is 25.1 Å². The third-order valence-corrected chi connectivity index (χ3v) is 5.82. The lowest BCUT2D eigenvalue weighted by molar-refractivity contribution is -0.121. The molecule has 1 aliphatic rings. The second kappa shape index (κ2) is 10.7. The van der Waals surface area contributed by atoms with Gasteiger partial charge in [-0.3, -0.25) is 4.79 Å². The van der Waals surface area contributed by atoms with E-state index in [4.69, 9.17) is 0 Å². The van der Waals surface area contributed by atoms with Crippen LogP contribution >= 0.6 is 12.4 Å². The van der Waals surface area contributed by atoms with E-state index in [9.17, 15) is 13.2 Å². The van der Waals surface area contributed by atoms with E-state index in [2.05, 4.69) is 15.5 Å². The number of rotatable bonds is 8. The van der Waals surface area contributed by atoms with Crippen LogP contribution in [0.3, 0.4) is 0 Å². The molecule has 2 N–H and O–H groups in total. The van der Waals surface area contributed by atoms with E-state index in [1.807, 2.05) is 0 Å². The first-order valence-corrected chi connectivity index (χ1v) is 9.65. The van der Waals surface area contributed by atoms with E-state index >= 15 is 0 Å². The van der Waals surface area contributed by atoms with Crippen molar-refractivity contribution in [2.45, 2.75) is 11.3 Å². The molecule has 0 radical (unpaired) electrons. The second-order valence-electron chi connectivity index (χ2n) is 5.87. The summed E-state index contributed by atoms with van der Waals surface area (Å²) in [7, 11) is -2.21. The van der Waals surface area contributed by atoms with Gasteiger partial charge in [-0.25, -0.2) is 8.42 Å². The minimum absolute atomic E-state index is 0. The van der Waals surface area contributed by atoms with E-state index in [1.54, 1.807) is 18.2 Å². The molecule has 0 aliphatic carbocycles. The van der Waals surface area contributed by atoms with Crippen molar-refractivity contribution in [2.24, 2.45) is 0 Å². The van der Waals surface area contributed by atoms with Gasteiger partial charge in [0, 0.05) is 39.8 Å².